The lowest BCUT2D eigenvalue weighted by molar-refractivity contribution is 0.315. The zero-order valence-corrected chi connectivity index (χ0v) is 14.3. The monoisotopic (exact) mass is 337 g/mol. The zero-order valence-electron chi connectivity index (χ0n) is 12.7. The van der Waals surface area contributed by atoms with Crippen LogP contribution in [-0.4, -0.2) is 42.0 Å². The molecule has 3 rings (SSSR count). The van der Waals surface area contributed by atoms with Crippen LogP contribution in [0.25, 0.3) is 11.3 Å². The second-order valence-corrected chi connectivity index (χ2v) is 8.46. The average Bonchev–Trinajstić information content (AvgIpc) is 3.00. The third-order valence-electron chi connectivity index (χ3n) is 3.98. The molecule has 0 spiro atoms. The van der Waals surface area contributed by atoms with Crippen LogP contribution in [0.5, 0.6) is 0 Å². The van der Waals surface area contributed by atoms with E-state index < -0.39 is 10.0 Å². The summed E-state index contributed by atoms with van der Waals surface area (Å²) in [5.74, 6) is 1.07. The van der Waals surface area contributed by atoms with Gasteiger partial charge in [-0.1, -0.05) is 0 Å². The number of piperidine rings is 1. The molecule has 0 radical (unpaired) electrons. The van der Waals surface area contributed by atoms with Gasteiger partial charge in [0, 0.05) is 35.6 Å². The summed E-state index contributed by atoms with van der Waals surface area (Å²) in [5.41, 5.74) is 3.02. The Hall–Kier alpha value is -1.31. The number of rotatable bonds is 3. The first kappa shape index (κ1) is 15.6. The standard InChI is InChI=1S/C15H19N3O2S2/c1-11-9-14(13-5-8-21-10-13)17-15(16-11)12-3-6-18(7-4-12)22(2,19)20/h5,8-10,12H,3-4,6-7H2,1-2H3. The quantitative estimate of drug-likeness (QED) is 0.864. The maximum Gasteiger partial charge on any atom is 0.211 e. The van der Waals surface area contributed by atoms with E-state index in [0.29, 0.717) is 13.1 Å². The van der Waals surface area contributed by atoms with E-state index in [1.165, 1.54) is 6.26 Å². The largest absolute Gasteiger partial charge is 0.238 e. The SMILES string of the molecule is Cc1cc(-c2ccsc2)nc(C2CCN(S(C)(=O)=O)CC2)n1. The second kappa shape index (κ2) is 6.06. The minimum absolute atomic E-state index is 0.232. The van der Waals surface area contributed by atoms with Crippen LogP contribution in [0.4, 0.5) is 0 Å². The molecule has 0 unspecified atom stereocenters. The Morgan fingerprint density at radius 3 is 2.59 bits per heavy atom. The molecule has 2 aromatic rings. The van der Waals surface area contributed by atoms with Crippen molar-refractivity contribution in [3.8, 4) is 11.3 Å². The minimum Gasteiger partial charge on any atom is -0.238 e. The van der Waals surface area contributed by atoms with Gasteiger partial charge < -0.3 is 0 Å². The third kappa shape index (κ3) is 3.37. The van der Waals surface area contributed by atoms with E-state index in [9.17, 15) is 8.42 Å². The Kier molecular flexibility index (Phi) is 4.29. The van der Waals surface area contributed by atoms with Crippen LogP contribution in [0.2, 0.25) is 0 Å². The Morgan fingerprint density at radius 1 is 1.27 bits per heavy atom. The summed E-state index contributed by atoms with van der Waals surface area (Å²) < 4.78 is 24.7. The lowest BCUT2D eigenvalue weighted by atomic mass is 9.97. The Balaban J connectivity index is 1.82. The van der Waals surface area contributed by atoms with Gasteiger partial charge in [-0.25, -0.2) is 22.7 Å². The summed E-state index contributed by atoms with van der Waals surface area (Å²) in [7, 11) is -3.09. The number of sulfonamides is 1. The minimum atomic E-state index is -3.09. The lowest BCUT2D eigenvalue weighted by Gasteiger charge is -2.29. The fourth-order valence-electron chi connectivity index (χ4n) is 2.78. The van der Waals surface area contributed by atoms with E-state index in [2.05, 4.69) is 16.4 Å². The molecule has 0 amide bonds. The van der Waals surface area contributed by atoms with Gasteiger partial charge in [0.2, 0.25) is 10.0 Å². The van der Waals surface area contributed by atoms with Crippen LogP contribution in [0.3, 0.4) is 0 Å². The first-order valence-electron chi connectivity index (χ1n) is 7.27. The smallest absolute Gasteiger partial charge is 0.211 e. The molecule has 0 aliphatic carbocycles. The van der Waals surface area contributed by atoms with Crippen LogP contribution in [0.1, 0.15) is 30.3 Å². The number of hydrogen-bond acceptors (Lipinski definition) is 5. The molecule has 1 aliphatic rings. The van der Waals surface area contributed by atoms with Gasteiger partial charge in [0.1, 0.15) is 5.82 Å². The van der Waals surface area contributed by atoms with Gasteiger partial charge in [-0.2, -0.15) is 11.3 Å². The van der Waals surface area contributed by atoms with Crippen LogP contribution in [-0.2, 0) is 10.0 Å². The Morgan fingerprint density at radius 2 is 2.00 bits per heavy atom. The molecule has 7 heteroatoms. The number of thiophene rings is 1. The molecule has 0 aromatic carbocycles. The molecule has 1 fully saturated rings. The third-order valence-corrected chi connectivity index (χ3v) is 5.96. The first-order valence-corrected chi connectivity index (χ1v) is 10.1. The molecule has 0 saturated carbocycles. The fraction of sp³-hybridized carbons (Fsp3) is 0.467. The molecule has 3 heterocycles. The highest BCUT2D eigenvalue weighted by Crippen LogP contribution is 2.29. The topological polar surface area (TPSA) is 63.2 Å². The first-order chi connectivity index (χ1) is 10.4. The van der Waals surface area contributed by atoms with Gasteiger partial charge in [0.25, 0.3) is 0 Å². The molecule has 118 valence electrons. The highest BCUT2D eigenvalue weighted by molar-refractivity contribution is 7.88. The summed E-state index contributed by atoms with van der Waals surface area (Å²) >= 11 is 1.65. The predicted molar refractivity (Wildman–Crippen MR) is 88.5 cm³/mol. The molecular weight excluding hydrogens is 318 g/mol. The molecule has 0 N–H and O–H groups in total. The van der Waals surface area contributed by atoms with Crippen LogP contribution in [0.15, 0.2) is 22.9 Å². The van der Waals surface area contributed by atoms with Gasteiger partial charge in [-0.15, -0.1) is 0 Å². The van der Waals surface area contributed by atoms with Crippen molar-refractivity contribution in [2.24, 2.45) is 0 Å². The van der Waals surface area contributed by atoms with Crippen LogP contribution < -0.4 is 0 Å². The van der Waals surface area contributed by atoms with Gasteiger partial charge in [-0.05, 0) is 37.3 Å². The molecular formula is C15H19N3O2S2. The number of aromatic nitrogens is 2. The normalized spacial score (nSPS) is 17.7. The van der Waals surface area contributed by atoms with E-state index >= 15 is 0 Å². The van der Waals surface area contributed by atoms with Gasteiger partial charge in [-0.3, -0.25) is 0 Å². The van der Waals surface area contributed by atoms with Crippen molar-refractivity contribution < 1.29 is 8.42 Å². The van der Waals surface area contributed by atoms with Crippen molar-refractivity contribution in [3.05, 3.63) is 34.4 Å². The molecule has 1 aliphatic heterocycles. The van der Waals surface area contributed by atoms with Crippen LogP contribution in [0, 0.1) is 6.92 Å². The highest BCUT2D eigenvalue weighted by Gasteiger charge is 2.27. The Bertz CT molecular complexity index is 749. The summed E-state index contributed by atoms with van der Waals surface area (Å²) in [6.07, 6.45) is 2.82. The number of aryl methyl sites for hydroxylation is 1. The van der Waals surface area contributed by atoms with Gasteiger partial charge >= 0.3 is 0 Å². The molecule has 22 heavy (non-hydrogen) atoms. The predicted octanol–water partition coefficient (Wildman–Crippen LogP) is 2.65. The van der Waals surface area contributed by atoms with Crippen molar-refractivity contribution in [3.63, 3.8) is 0 Å². The van der Waals surface area contributed by atoms with Crippen molar-refractivity contribution in [1.29, 1.82) is 0 Å². The highest BCUT2D eigenvalue weighted by atomic mass is 32.2. The van der Waals surface area contributed by atoms with Crippen molar-refractivity contribution in [2.45, 2.75) is 25.7 Å². The van der Waals surface area contributed by atoms with E-state index in [0.717, 1.165) is 35.6 Å². The fourth-order valence-corrected chi connectivity index (χ4v) is 4.30. The van der Waals surface area contributed by atoms with Gasteiger partial charge in [0.05, 0.1) is 11.9 Å². The molecule has 2 aromatic heterocycles. The summed E-state index contributed by atoms with van der Waals surface area (Å²) in [5, 5.41) is 4.12. The van der Waals surface area contributed by atoms with E-state index in [-0.39, 0.29) is 5.92 Å². The Labute approximate surface area is 135 Å². The summed E-state index contributed by atoms with van der Waals surface area (Å²) in [6, 6.07) is 4.06. The lowest BCUT2D eigenvalue weighted by Crippen LogP contribution is -2.37. The van der Waals surface area contributed by atoms with Crippen molar-refractivity contribution in [2.75, 3.05) is 19.3 Å². The average molecular weight is 337 g/mol. The number of hydrogen-bond donors (Lipinski definition) is 0. The number of nitrogens with zero attached hydrogens (tertiary/aromatic N) is 3. The maximum absolute atomic E-state index is 11.6. The van der Waals surface area contributed by atoms with Crippen LogP contribution >= 0.6 is 11.3 Å². The van der Waals surface area contributed by atoms with Crippen molar-refractivity contribution in [1.82, 2.24) is 14.3 Å². The van der Waals surface area contributed by atoms with E-state index in [1.54, 1.807) is 15.6 Å². The summed E-state index contributed by atoms with van der Waals surface area (Å²) in [4.78, 5) is 9.29. The molecule has 1 saturated heterocycles. The van der Waals surface area contributed by atoms with E-state index in [1.807, 2.05) is 18.4 Å². The van der Waals surface area contributed by atoms with E-state index in [4.69, 9.17) is 4.98 Å². The summed E-state index contributed by atoms with van der Waals surface area (Å²) in [6.45, 7) is 3.08. The zero-order chi connectivity index (χ0) is 15.7. The van der Waals surface area contributed by atoms with Gasteiger partial charge in [0.15, 0.2) is 0 Å². The molecule has 0 atom stereocenters. The molecule has 5 nitrogen and oxygen atoms in total. The van der Waals surface area contributed by atoms with Crippen molar-refractivity contribution >= 4 is 21.4 Å². The maximum atomic E-state index is 11.6. The molecule has 0 bridgehead atoms. The second-order valence-electron chi connectivity index (χ2n) is 5.70.